The average molecular weight is 561 g/mol. The smallest absolute Gasteiger partial charge is 0.303 e. The molecule has 39 heavy (non-hydrogen) atoms. The van der Waals surface area contributed by atoms with E-state index >= 15 is 0 Å². The Morgan fingerprint density at radius 2 is 1.08 bits per heavy atom. The van der Waals surface area contributed by atoms with Crippen molar-refractivity contribution in [3.05, 3.63) is 12.3 Å². The standard InChI is InChI=1S/C24H32O15/c1-11(25)32-9-18-20(17(7-8-31-18)34-13(3)27)39-24-23(37-16(6)30)22(36-15(5)29)21(35-14(4)28)19(38-24)10-33-12(2)26/h7-8,17-24H,9-10H2,1-6H3/t17-,18+,19+,20-,21-,22-,23+,24-/m0/s1. The van der Waals surface area contributed by atoms with Gasteiger partial charge in [-0.05, 0) is 6.08 Å². The number of hydrogen-bond donors (Lipinski definition) is 0. The Morgan fingerprint density at radius 1 is 0.590 bits per heavy atom. The highest BCUT2D eigenvalue weighted by Gasteiger charge is 2.54. The Kier molecular flexibility index (Phi) is 11.7. The topological polar surface area (TPSA) is 185 Å². The largest absolute Gasteiger partial charge is 0.492 e. The van der Waals surface area contributed by atoms with Crippen molar-refractivity contribution in [1.82, 2.24) is 0 Å². The number of hydrogen-bond acceptors (Lipinski definition) is 15. The van der Waals surface area contributed by atoms with Gasteiger partial charge in [0.15, 0.2) is 36.8 Å². The number of esters is 6. The zero-order chi connectivity index (χ0) is 29.3. The van der Waals surface area contributed by atoms with E-state index in [9.17, 15) is 28.8 Å². The fraction of sp³-hybridized carbons (Fsp3) is 0.667. The van der Waals surface area contributed by atoms with Gasteiger partial charge in [0, 0.05) is 41.5 Å². The van der Waals surface area contributed by atoms with Crippen molar-refractivity contribution >= 4 is 35.8 Å². The molecule has 0 aromatic carbocycles. The van der Waals surface area contributed by atoms with Gasteiger partial charge in [0.25, 0.3) is 0 Å². The summed E-state index contributed by atoms with van der Waals surface area (Å²) in [5, 5.41) is 0. The lowest BCUT2D eigenvalue weighted by Gasteiger charge is -2.46. The van der Waals surface area contributed by atoms with Crippen molar-refractivity contribution in [2.75, 3.05) is 13.2 Å². The van der Waals surface area contributed by atoms with Crippen LogP contribution in [0, 0.1) is 0 Å². The number of carbonyl (C=O) groups is 6. The lowest BCUT2D eigenvalue weighted by molar-refractivity contribution is -0.328. The molecule has 0 unspecified atom stereocenters. The molecule has 8 atom stereocenters. The molecule has 1 saturated heterocycles. The van der Waals surface area contributed by atoms with Gasteiger partial charge in [-0.25, -0.2) is 0 Å². The van der Waals surface area contributed by atoms with Gasteiger partial charge in [0.2, 0.25) is 0 Å². The van der Waals surface area contributed by atoms with Gasteiger partial charge in [-0.3, -0.25) is 28.8 Å². The highest BCUT2D eigenvalue weighted by atomic mass is 16.7. The Balaban J connectivity index is 2.52. The molecule has 0 amide bonds. The highest BCUT2D eigenvalue weighted by Crippen LogP contribution is 2.32. The minimum Gasteiger partial charge on any atom is -0.492 e. The number of rotatable bonds is 10. The molecular formula is C24H32O15. The van der Waals surface area contributed by atoms with E-state index in [2.05, 4.69) is 0 Å². The second kappa shape index (κ2) is 14.4. The van der Waals surface area contributed by atoms with Crippen LogP contribution in [0.2, 0.25) is 0 Å². The van der Waals surface area contributed by atoms with Crippen LogP contribution in [-0.4, -0.2) is 98.0 Å². The van der Waals surface area contributed by atoms with Crippen LogP contribution in [0.3, 0.4) is 0 Å². The molecule has 2 rings (SSSR count). The maximum Gasteiger partial charge on any atom is 0.303 e. The van der Waals surface area contributed by atoms with E-state index < -0.39 is 91.4 Å². The summed E-state index contributed by atoms with van der Waals surface area (Å²) in [5.41, 5.74) is 0. The zero-order valence-corrected chi connectivity index (χ0v) is 22.3. The average Bonchev–Trinajstić information content (AvgIpc) is 2.80. The molecule has 2 aliphatic rings. The Hall–Kier alpha value is -3.72. The van der Waals surface area contributed by atoms with Crippen molar-refractivity contribution in [3.63, 3.8) is 0 Å². The lowest BCUT2D eigenvalue weighted by Crippen LogP contribution is -2.64. The van der Waals surface area contributed by atoms with E-state index in [-0.39, 0.29) is 6.61 Å². The summed E-state index contributed by atoms with van der Waals surface area (Å²) >= 11 is 0. The van der Waals surface area contributed by atoms with Crippen molar-refractivity contribution in [2.24, 2.45) is 0 Å². The minimum absolute atomic E-state index is 0.326. The summed E-state index contributed by atoms with van der Waals surface area (Å²) in [7, 11) is 0. The van der Waals surface area contributed by atoms with Crippen molar-refractivity contribution < 1.29 is 71.4 Å². The normalized spacial score (nSPS) is 29.7. The van der Waals surface area contributed by atoms with Crippen LogP contribution >= 0.6 is 0 Å². The first kappa shape index (κ1) is 31.5. The highest BCUT2D eigenvalue weighted by molar-refractivity contribution is 5.69. The third kappa shape index (κ3) is 9.83. The van der Waals surface area contributed by atoms with E-state index in [1.54, 1.807) is 0 Å². The van der Waals surface area contributed by atoms with Crippen LogP contribution in [0.4, 0.5) is 0 Å². The van der Waals surface area contributed by atoms with E-state index in [1.807, 2.05) is 0 Å². The first-order valence-corrected chi connectivity index (χ1v) is 11.9. The van der Waals surface area contributed by atoms with E-state index in [4.69, 9.17) is 42.6 Å². The van der Waals surface area contributed by atoms with E-state index in [0.29, 0.717) is 0 Å². The summed E-state index contributed by atoms with van der Waals surface area (Å²) < 4.78 is 49.0. The maximum atomic E-state index is 12.0. The second-order valence-electron chi connectivity index (χ2n) is 8.55. The Labute approximate surface area is 223 Å². The van der Waals surface area contributed by atoms with Gasteiger partial charge in [-0.15, -0.1) is 0 Å². The van der Waals surface area contributed by atoms with Gasteiger partial charge in [0.1, 0.15) is 25.4 Å². The van der Waals surface area contributed by atoms with Gasteiger partial charge >= 0.3 is 35.8 Å². The van der Waals surface area contributed by atoms with Gasteiger partial charge < -0.3 is 42.6 Å². The van der Waals surface area contributed by atoms with Crippen LogP contribution in [0.15, 0.2) is 12.3 Å². The molecule has 1 fully saturated rings. The lowest BCUT2D eigenvalue weighted by atomic mass is 9.97. The molecule has 0 bridgehead atoms. The quantitative estimate of drug-likeness (QED) is 0.254. The van der Waals surface area contributed by atoms with Crippen LogP contribution in [0.1, 0.15) is 41.5 Å². The molecule has 2 aliphatic heterocycles. The zero-order valence-electron chi connectivity index (χ0n) is 22.3. The first-order chi connectivity index (χ1) is 18.3. The monoisotopic (exact) mass is 560 g/mol. The molecule has 0 saturated carbocycles. The van der Waals surface area contributed by atoms with Crippen LogP contribution in [0.5, 0.6) is 0 Å². The second-order valence-corrected chi connectivity index (χ2v) is 8.55. The summed E-state index contributed by atoms with van der Waals surface area (Å²) in [4.78, 5) is 70.6. The van der Waals surface area contributed by atoms with Crippen molar-refractivity contribution in [2.45, 2.75) is 90.6 Å². The molecular weight excluding hydrogens is 528 g/mol. The van der Waals surface area contributed by atoms with E-state index in [1.165, 1.54) is 19.3 Å². The summed E-state index contributed by atoms with van der Waals surface area (Å²) in [6.07, 6.45) is -7.97. The fourth-order valence-electron chi connectivity index (χ4n) is 3.87. The molecule has 15 heteroatoms. The van der Waals surface area contributed by atoms with Crippen molar-refractivity contribution in [3.8, 4) is 0 Å². The number of ether oxygens (including phenoxy) is 9. The SMILES string of the molecule is CC(=O)OC[C@H]1O[C@@H](O[C@H]2[C@@H](OC(C)=O)C=CO[C@@H]2COC(C)=O)[C@H](OC(C)=O)[C@@H](OC(C)=O)[C@H]1OC(C)=O. The summed E-state index contributed by atoms with van der Waals surface area (Å²) in [5.74, 6) is -4.43. The first-order valence-electron chi connectivity index (χ1n) is 11.9. The molecule has 0 aromatic rings. The number of carbonyl (C=O) groups excluding carboxylic acids is 6. The molecule has 2 heterocycles. The molecule has 0 radical (unpaired) electrons. The minimum atomic E-state index is -1.58. The van der Waals surface area contributed by atoms with Crippen molar-refractivity contribution in [1.29, 1.82) is 0 Å². The molecule has 0 N–H and O–H groups in total. The van der Waals surface area contributed by atoms with Gasteiger partial charge in [-0.1, -0.05) is 0 Å². The van der Waals surface area contributed by atoms with Gasteiger partial charge in [-0.2, -0.15) is 0 Å². The molecule has 15 nitrogen and oxygen atoms in total. The Morgan fingerprint density at radius 3 is 1.59 bits per heavy atom. The summed E-state index contributed by atoms with van der Waals surface area (Å²) in [6.45, 7) is 5.92. The van der Waals surface area contributed by atoms with Crippen LogP contribution < -0.4 is 0 Å². The van der Waals surface area contributed by atoms with Gasteiger partial charge in [0.05, 0.1) is 6.26 Å². The Bertz CT molecular complexity index is 959. The third-order valence-electron chi connectivity index (χ3n) is 5.20. The molecule has 0 aliphatic carbocycles. The maximum absolute atomic E-state index is 12.0. The predicted octanol–water partition coefficient (Wildman–Crippen LogP) is -0.138. The summed E-state index contributed by atoms with van der Waals surface area (Å²) in [6, 6.07) is 0. The molecule has 0 spiro atoms. The van der Waals surface area contributed by atoms with Crippen LogP contribution in [-0.2, 0) is 71.4 Å². The predicted molar refractivity (Wildman–Crippen MR) is 123 cm³/mol. The fourth-order valence-corrected chi connectivity index (χ4v) is 3.87. The van der Waals surface area contributed by atoms with E-state index in [0.717, 1.165) is 34.6 Å². The molecule has 0 aromatic heterocycles. The molecule has 218 valence electrons. The van der Waals surface area contributed by atoms with Crippen LogP contribution in [0.25, 0.3) is 0 Å². The third-order valence-corrected chi connectivity index (χ3v) is 5.20.